The zero-order valence-electron chi connectivity index (χ0n) is 14.7. The van der Waals surface area contributed by atoms with Gasteiger partial charge in [0.25, 0.3) is 5.91 Å². The number of amides is 1. The molecule has 0 radical (unpaired) electrons. The van der Waals surface area contributed by atoms with Crippen LogP contribution in [-0.4, -0.2) is 13.0 Å². The van der Waals surface area contributed by atoms with Crippen LogP contribution in [0.5, 0.6) is 11.5 Å². The van der Waals surface area contributed by atoms with Crippen molar-refractivity contribution in [3.05, 3.63) is 95.6 Å². The summed E-state index contributed by atoms with van der Waals surface area (Å²) in [6, 6.07) is 25.4. The van der Waals surface area contributed by atoms with Crippen molar-refractivity contribution in [3.63, 3.8) is 0 Å². The van der Waals surface area contributed by atoms with Crippen molar-refractivity contribution in [2.45, 2.75) is 13.1 Å². The average molecular weight is 346 g/mol. The predicted molar refractivity (Wildman–Crippen MR) is 103 cm³/mol. The van der Waals surface area contributed by atoms with Gasteiger partial charge in [0, 0.05) is 25.7 Å². The molecule has 2 N–H and O–H groups in total. The lowest BCUT2D eigenvalue weighted by Gasteiger charge is -2.09. The molecule has 0 unspecified atom stereocenters. The van der Waals surface area contributed by atoms with Gasteiger partial charge >= 0.3 is 0 Å². The Bertz CT molecular complexity index is 846. The Balaban J connectivity index is 1.53. The van der Waals surface area contributed by atoms with E-state index in [9.17, 15) is 4.79 Å². The van der Waals surface area contributed by atoms with Gasteiger partial charge in [-0.05, 0) is 47.5 Å². The van der Waals surface area contributed by atoms with Crippen molar-refractivity contribution < 1.29 is 9.53 Å². The molecule has 0 aliphatic carbocycles. The summed E-state index contributed by atoms with van der Waals surface area (Å²) in [6.07, 6.45) is 0. The zero-order valence-corrected chi connectivity index (χ0v) is 14.7. The standard InChI is InChI=1S/C22H22N2O2/c1-23-22(25)19-12-10-17(11-13-19)15-24-16-18-6-5-9-21(14-18)26-20-7-3-2-4-8-20/h2-14,24H,15-16H2,1H3,(H,23,25). The molecule has 26 heavy (non-hydrogen) atoms. The molecule has 3 rings (SSSR count). The second kappa shape index (κ2) is 8.83. The summed E-state index contributed by atoms with van der Waals surface area (Å²) in [5.41, 5.74) is 2.96. The van der Waals surface area contributed by atoms with Crippen molar-refractivity contribution in [1.29, 1.82) is 0 Å². The summed E-state index contributed by atoms with van der Waals surface area (Å²) in [5.74, 6) is 1.58. The maximum Gasteiger partial charge on any atom is 0.251 e. The van der Waals surface area contributed by atoms with Gasteiger partial charge in [-0.2, -0.15) is 0 Å². The Hall–Kier alpha value is -3.11. The minimum atomic E-state index is -0.0697. The molecule has 0 aliphatic rings. The molecule has 0 spiro atoms. The molecule has 4 nitrogen and oxygen atoms in total. The molecule has 132 valence electrons. The number of hydrogen-bond donors (Lipinski definition) is 2. The van der Waals surface area contributed by atoms with E-state index in [4.69, 9.17) is 4.74 Å². The monoisotopic (exact) mass is 346 g/mol. The average Bonchev–Trinajstić information content (AvgIpc) is 2.69. The third kappa shape index (κ3) is 4.94. The molecule has 0 atom stereocenters. The lowest BCUT2D eigenvalue weighted by atomic mass is 10.1. The smallest absolute Gasteiger partial charge is 0.251 e. The minimum absolute atomic E-state index is 0.0697. The van der Waals surface area contributed by atoms with Crippen LogP contribution in [0.3, 0.4) is 0 Å². The summed E-state index contributed by atoms with van der Waals surface area (Å²) in [7, 11) is 1.63. The van der Waals surface area contributed by atoms with E-state index >= 15 is 0 Å². The Kier molecular flexibility index (Phi) is 6.01. The quantitative estimate of drug-likeness (QED) is 0.676. The number of carbonyl (C=O) groups excluding carboxylic acids is 1. The van der Waals surface area contributed by atoms with E-state index in [2.05, 4.69) is 16.7 Å². The molecule has 0 saturated heterocycles. The van der Waals surface area contributed by atoms with Crippen LogP contribution in [0.15, 0.2) is 78.9 Å². The topological polar surface area (TPSA) is 50.4 Å². The Labute approximate surface area is 153 Å². The molecule has 0 aromatic heterocycles. The highest BCUT2D eigenvalue weighted by Crippen LogP contribution is 2.21. The number of hydrogen-bond acceptors (Lipinski definition) is 3. The summed E-state index contributed by atoms with van der Waals surface area (Å²) >= 11 is 0. The minimum Gasteiger partial charge on any atom is -0.457 e. The van der Waals surface area contributed by atoms with Gasteiger partial charge in [-0.15, -0.1) is 0 Å². The second-order valence-corrected chi connectivity index (χ2v) is 5.94. The van der Waals surface area contributed by atoms with E-state index in [0.717, 1.165) is 35.7 Å². The Morgan fingerprint density at radius 3 is 2.23 bits per heavy atom. The summed E-state index contributed by atoms with van der Waals surface area (Å²) in [6.45, 7) is 1.47. The van der Waals surface area contributed by atoms with Crippen LogP contribution >= 0.6 is 0 Å². The fourth-order valence-corrected chi connectivity index (χ4v) is 2.61. The van der Waals surface area contributed by atoms with Gasteiger partial charge in [0.2, 0.25) is 0 Å². The van der Waals surface area contributed by atoms with Crippen LogP contribution in [0.2, 0.25) is 0 Å². The molecule has 0 bridgehead atoms. The highest BCUT2D eigenvalue weighted by atomic mass is 16.5. The lowest BCUT2D eigenvalue weighted by molar-refractivity contribution is 0.0963. The molecule has 1 amide bonds. The van der Waals surface area contributed by atoms with Gasteiger partial charge in [-0.1, -0.05) is 42.5 Å². The maximum atomic E-state index is 11.5. The van der Waals surface area contributed by atoms with E-state index in [-0.39, 0.29) is 5.91 Å². The van der Waals surface area contributed by atoms with Crippen LogP contribution in [0.25, 0.3) is 0 Å². The number of rotatable bonds is 7. The third-order valence-electron chi connectivity index (χ3n) is 3.98. The summed E-state index contributed by atoms with van der Waals surface area (Å²) < 4.78 is 5.86. The first-order valence-electron chi connectivity index (χ1n) is 8.58. The SMILES string of the molecule is CNC(=O)c1ccc(CNCc2cccc(Oc3ccccc3)c2)cc1. The van der Waals surface area contributed by atoms with Gasteiger partial charge in [0.1, 0.15) is 11.5 Å². The number of benzene rings is 3. The maximum absolute atomic E-state index is 11.5. The van der Waals surface area contributed by atoms with E-state index < -0.39 is 0 Å². The normalized spacial score (nSPS) is 10.3. The first kappa shape index (κ1) is 17.7. The molecular formula is C22H22N2O2. The number of ether oxygens (including phenoxy) is 1. The van der Waals surface area contributed by atoms with Gasteiger partial charge in [-0.3, -0.25) is 4.79 Å². The molecule has 0 saturated carbocycles. The van der Waals surface area contributed by atoms with E-state index in [1.54, 1.807) is 7.05 Å². The van der Waals surface area contributed by atoms with Gasteiger partial charge in [0.05, 0.1) is 0 Å². The number of para-hydroxylation sites is 1. The highest BCUT2D eigenvalue weighted by molar-refractivity contribution is 5.93. The van der Waals surface area contributed by atoms with E-state index in [1.807, 2.05) is 72.8 Å². The molecular weight excluding hydrogens is 324 g/mol. The largest absolute Gasteiger partial charge is 0.457 e. The van der Waals surface area contributed by atoms with E-state index in [1.165, 1.54) is 0 Å². The van der Waals surface area contributed by atoms with Crippen molar-refractivity contribution in [2.24, 2.45) is 0 Å². The van der Waals surface area contributed by atoms with Crippen molar-refractivity contribution in [3.8, 4) is 11.5 Å². The van der Waals surface area contributed by atoms with Crippen LogP contribution < -0.4 is 15.4 Å². The first-order valence-corrected chi connectivity index (χ1v) is 8.58. The molecule has 0 heterocycles. The van der Waals surface area contributed by atoms with Gasteiger partial charge in [-0.25, -0.2) is 0 Å². The zero-order chi connectivity index (χ0) is 18.2. The Morgan fingerprint density at radius 1 is 0.808 bits per heavy atom. The first-order chi connectivity index (χ1) is 12.7. The van der Waals surface area contributed by atoms with Crippen LogP contribution in [0, 0.1) is 0 Å². The van der Waals surface area contributed by atoms with Crippen molar-refractivity contribution in [1.82, 2.24) is 10.6 Å². The molecule has 0 fully saturated rings. The van der Waals surface area contributed by atoms with Crippen LogP contribution in [-0.2, 0) is 13.1 Å². The fraction of sp³-hybridized carbons (Fsp3) is 0.136. The molecule has 3 aromatic rings. The predicted octanol–water partition coefficient (Wildman–Crippen LogP) is 4.13. The van der Waals surface area contributed by atoms with Crippen molar-refractivity contribution >= 4 is 5.91 Å². The fourth-order valence-electron chi connectivity index (χ4n) is 2.61. The van der Waals surface area contributed by atoms with Crippen LogP contribution in [0.4, 0.5) is 0 Å². The molecule has 4 heteroatoms. The highest BCUT2D eigenvalue weighted by Gasteiger charge is 2.03. The van der Waals surface area contributed by atoms with Gasteiger partial charge < -0.3 is 15.4 Å². The number of nitrogens with one attached hydrogen (secondary N) is 2. The summed E-state index contributed by atoms with van der Waals surface area (Å²) in [5, 5.41) is 6.04. The number of carbonyl (C=O) groups is 1. The third-order valence-corrected chi connectivity index (χ3v) is 3.98. The lowest BCUT2D eigenvalue weighted by Crippen LogP contribution is -2.18. The summed E-state index contributed by atoms with van der Waals surface area (Å²) in [4.78, 5) is 11.5. The van der Waals surface area contributed by atoms with E-state index in [0.29, 0.717) is 5.56 Å². The second-order valence-electron chi connectivity index (χ2n) is 5.94. The van der Waals surface area contributed by atoms with Gasteiger partial charge in [0.15, 0.2) is 0 Å². The van der Waals surface area contributed by atoms with Crippen molar-refractivity contribution in [2.75, 3.05) is 7.05 Å². The molecule has 3 aromatic carbocycles. The molecule has 0 aliphatic heterocycles. The Morgan fingerprint density at radius 2 is 1.50 bits per heavy atom. The van der Waals surface area contributed by atoms with Crippen LogP contribution in [0.1, 0.15) is 21.5 Å².